The van der Waals surface area contributed by atoms with E-state index in [1.165, 1.54) is 96.7 Å². The van der Waals surface area contributed by atoms with Gasteiger partial charge in [0.15, 0.2) is 0 Å². The summed E-state index contributed by atoms with van der Waals surface area (Å²) in [5.74, 6) is 0. The largest absolute Gasteiger partial charge is 0.315 e. The zero-order chi connectivity index (χ0) is 14.5. The molecule has 1 N–H and O–H groups in total. The van der Waals surface area contributed by atoms with Crippen LogP contribution in [0.2, 0.25) is 0 Å². The second-order valence-electron chi connectivity index (χ2n) is 6.66. The van der Waals surface area contributed by atoms with Gasteiger partial charge >= 0.3 is 0 Å². The Morgan fingerprint density at radius 1 is 0.900 bits per heavy atom. The molecule has 1 fully saturated rings. The second kappa shape index (κ2) is 12.6. The van der Waals surface area contributed by atoms with Crippen LogP contribution in [-0.2, 0) is 0 Å². The van der Waals surface area contributed by atoms with Crippen LogP contribution in [-0.4, -0.2) is 37.6 Å². The Bertz CT molecular complexity index is 200. The number of hydrogen-bond acceptors (Lipinski definition) is 2. The first-order chi connectivity index (χ1) is 9.84. The lowest BCUT2D eigenvalue weighted by Crippen LogP contribution is -2.44. The van der Waals surface area contributed by atoms with Crippen molar-refractivity contribution in [2.24, 2.45) is 0 Å². The van der Waals surface area contributed by atoms with Gasteiger partial charge in [-0.15, -0.1) is 0 Å². The summed E-state index contributed by atoms with van der Waals surface area (Å²) in [6, 6.07) is 0.794. The maximum absolute atomic E-state index is 3.51. The van der Waals surface area contributed by atoms with E-state index in [2.05, 4.69) is 24.2 Å². The van der Waals surface area contributed by atoms with Gasteiger partial charge < -0.3 is 10.2 Å². The van der Waals surface area contributed by atoms with Gasteiger partial charge in [-0.05, 0) is 39.4 Å². The van der Waals surface area contributed by atoms with Gasteiger partial charge in [-0.2, -0.15) is 0 Å². The fourth-order valence-corrected chi connectivity index (χ4v) is 3.24. The van der Waals surface area contributed by atoms with E-state index in [1.54, 1.807) is 0 Å². The van der Waals surface area contributed by atoms with E-state index in [0.717, 1.165) is 6.04 Å². The lowest BCUT2D eigenvalue weighted by atomic mass is 10.0. The molecule has 0 saturated carbocycles. The predicted molar refractivity (Wildman–Crippen MR) is 90.4 cm³/mol. The molecule has 2 nitrogen and oxygen atoms in total. The molecule has 20 heavy (non-hydrogen) atoms. The van der Waals surface area contributed by atoms with Crippen molar-refractivity contribution in [1.29, 1.82) is 0 Å². The number of hydrogen-bond donors (Lipinski definition) is 1. The zero-order valence-corrected chi connectivity index (χ0v) is 14.1. The molecule has 1 rings (SSSR count). The molecule has 1 atom stereocenters. The van der Waals surface area contributed by atoms with Crippen LogP contribution in [0.3, 0.4) is 0 Å². The molecule has 1 aliphatic heterocycles. The van der Waals surface area contributed by atoms with Crippen LogP contribution in [0.4, 0.5) is 0 Å². The maximum atomic E-state index is 3.51. The fourth-order valence-electron chi connectivity index (χ4n) is 3.24. The average Bonchev–Trinajstić information content (AvgIpc) is 2.50. The molecule has 1 aliphatic rings. The molecule has 0 aromatic carbocycles. The first kappa shape index (κ1) is 18.0. The fraction of sp³-hybridized carbons (Fsp3) is 1.00. The Morgan fingerprint density at radius 2 is 1.50 bits per heavy atom. The Kier molecular flexibility index (Phi) is 11.4. The van der Waals surface area contributed by atoms with Gasteiger partial charge in [0.2, 0.25) is 0 Å². The van der Waals surface area contributed by atoms with Crippen molar-refractivity contribution in [1.82, 2.24) is 10.2 Å². The minimum absolute atomic E-state index is 0.794. The first-order valence-electron chi connectivity index (χ1n) is 9.25. The van der Waals surface area contributed by atoms with Crippen molar-refractivity contribution in [3.05, 3.63) is 0 Å². The van der Waals surface area contributed by atoms with Gasteiger partial charge in [-0.25, -0.2) is 0 Å². The number of piperidine rings is 1. The third kappa shape index (κ3) is 8.97. The summed E-state index contributed by atoms with van der Waals surface area (Å²) < 4.78 is 0. The molecule has 0 aliphatic carbocycles. The Morgan fingerprint density at radius 3 is 2.05 bits per heavy atom. The van der Waals surface area contributed by atoms with Crippen LogP contribution in [0.5, 0.6) is 0 Å². The van der Waals surface area contributed by atoms with Crippen LogP contribution < -0.4 is 5.32 Å². The molecule has 0 aromatic heterocycles. The van der Waals surface area contributed by atoms with Gasteiger partial charge in [0.1, 0.15) is 0 Å². The van der Waals surface area contributed by atoms with E-state index < -0.39 is 0 Å². The van der Waals surface area contributed by atoms with Crippen molar-refractivity contribution in [3.63, 3.8) is 0 Å². The normalized spacial score (nSPS) is 19.6. The molecule has 0 radical (unpaired) electrons. The number of nitrogens with zero attached hydrogens (tertiary/aromatic N) is 1. The number of rotatable bonds is 12. The molecule has 0 aromatic rings. The standard InChI is InChI=1S/C18H38N2/c1-3-4-5-6-7-8-9-10-11-12-16-20(2)18-14-13-15-19-17-18/h18-19H,3-17H2,1-2H3. The highest BCUT2D eigenvalue weighted by molar-refractivity contribution is 4.76. The summed E-state index contributed by atoms with van der Waals surface area (Å²) in [6.45, 7) is 6.01. The van der Waals surface area contributed by atoms with E-state index in [1.807, 2.05) is 0 Å². The van der Waals surface area contributed by atoms with Crippen LogP contribution in [0, 0.1) is 0 Å². The van der Waals surface area contributed by atoms with E-state index in [0.29, 0.717) is 0 Å². The molecular formula is C18H38N2. The highest BCUT2D eigenvalue weighted by Crippen LogP contribution is 2.12. The Labute approximate surface area is 127 Å². The summed E-state index contributed by atoms with van der Waals surface area (Å²) in [5.41, 5.74) is 0. The zero-order valence-electron chi connectivity index (χ0n) is 14.1. The van der Waals surface area contributed by atoms with Crippen LogP contribution in [0.15, 0.2) is 0 Å². The van der Waals surface area contributed by atoms with E-state index in [-0.39, 0.29) is 0 Å². The molecule has 120 valence electrons. The second-order valence-corrected chi connectivity index (χ2v) is 6.66. The van der Waals surface area contributed by atoms with Crippen LogP contribution in [0.1, 0.15) is 84.0 Å². The Hall–Kier alpha value is -0.0800. The molecular weight excluding hydrogens is 244 g/mol. The van der Waals surface area contributed by atoms with Crippen LogP contribution in [0.25, 0.3) is 0 Å². The molecule has 0 spiro atoms. The molecule has 2 heteroatoms. The lowest BCUT2D eigenvalue weighted by molar-refractivity contribution is 0.199. The van der Waals surface area contributed by atoms with Crippen molar-refractivity contribution < 1.29 is 0 Å². The quantitative estimate of drug-likeness (QED) is 0.527. The third-order valence-corrected chi connectivity index (χ3v) is 4.76. The lowest BCUT2D eigenvalue weighted by Gasteiger charge is -2.31. The summed E-state index contributed by atoms with van der Waals surface area (Å²) in [5, 5.41) is 3.51. The summed E-state index contributed by atoms with van der Waals surface area (Å²) in [4.78, 5) is 2.58. The molecule has 1 heterocycles. The van der Waals surface area contributed by atoms with Gasteiger partial charge in [0.05, 0.1) is 0 Å². The van der Waals surface area contributed by atoms with Crippen molar-refractivity contribution in [3.8, 4) is 0 Å². The maximum Gasteiger partial charge on any atom is 0.0218 e. The topological polar surface area (TPSA) is 15.3 Å². The Balaban J connectivity index is 1.82. The molecule has 0 bridgehead atoms. The number of likely N-dealkylation sites (N-methyl/N-ethyl adjacent to an activating group) is 1. The monoisotopic (exact) mass is 282 g/mol. The van der Waals surface area contributed by atoms with Gasteiger partial charge in [0, 0.05) is 12.6 Å². The van der Waals surface area contributed by atoms with Crippen LogP contribution >= 0.6 is 0 Å². The molecule has 1 unspecified atom stereocenters. The third-order valence-electron chi connectivity index (χ3n) is 4.76. The first-order valence-corrected chi connectivity index (χ1v) is 9.25. The van der Waals surface area contributed by atoms with Crippen molar-refractivity contribution in [2.45, 2.75) is 90.0 Å². The van der Waals surface area contributed by atoms with Gasteiger partial charge in [-0.3, -0.25) is 0 Å². The molecule has 1 saturated heterocycles. The smallest absolute Gasteiger partial charge is 0.0218 e. The van der Waals surface area contributed by atoms with Crippen molar-refractivity contribution in [2.75, 3.05) is 26.7 Å². The molecule has 0 amide bonds. The highest BCUT2D eigenvalue weighted by atomic mass is 15.2. The van der Waals surface area contributed by atoms with Crippen molar-refractivity contribution >= 4 is 0 Å². The van der Waals surface area contributed by atoms with E-state index >= 15 is 0 Å². The minimum atomic E-state index is 0.794. The minimum Gasteiger partial charge on any atom is -0.315 e. The summed E-state index contributed by atoms with van der Waals surface area (Å²) in [6.07, 6.45) is 17.1. The number of nitrogens with one attached hydrogen (secondary N) is 1. The predicted octanol–water partition coefficient (Wildman–Crippen LogP) is 4.59. The number of unbranched alkanes of at least 4 members (excludes halogenated alkanes) is 9. The average molecular weight is 283 g/mol. The summed E-state index contributed by atoms with van der Waals surface area (Å²) >= 11 is 0. The highest BCUT2D eigenvalue weighted by Gasteiger charge is 2.16. The van der Waals surface area contributed by atoms with E-state index in [4.69, 9.17) is 0 Å². The van der Waals surface area contributed by atoms with Gasteiger partial charge in [0.25, 0.3) is 0 Å². The summed E-state index contributed by atoms with van der Waals surface area (Å²) in [7, 11) is 2.31. The van der Waals surface area contributed by atoms with Gasteiger partial charge in [-0.1, -0.05) is 64.7 Å². The van der Waals surface area contributed by atoms with E-state index in [9.17, 15) is 0 Å². The SMILES string of the molecule is CCCCCCCCCCCCN(C)C1CCCNC1.